The molecule has 1 aromatic carbocycles. The molecule has 0 saturated heterocycles. The second-order valence-electron chi connectivity index (χ2n) is 4.21. The highest BCUT2D eigenvalue weighted by atomic mass is 16.5. The Bertz CT molecular complexity index is 377. The SMILES string of the molecule is CCCCNC(=O)COc1ccccc1C(C)O. The van der Waals surface area contributed by atoms with E-state index in [1.54, 1.807) is 19.1 Å². The molecule has 100 valence electrons. The number of aliphatic hydroxyl groups excluding tert-OH is 1. The van der Waals surface area contributed by atoms with Crippen molar-refractivity contribution in [1.29, 1.82) is 0 Å². The number of nitrogens with one attached hydrogen (secondary N) is 1. The smallest absolute Gasteiger partial charge is 0.257 e. The summed E-state index contributed by atoms with van der Waals surface area (Å²) < 4.78 is 5.42. The van der Waals surface area contributed by atoms with E-state index in [2.05, 4.69) is 12.2 Å². The summed E-state index contributed by atoms with van der Waals surface area (Å²) in [6, 6.07) is 7.18. The monoisotopic (exact) mass is 251 g/mol. The number of carbonyl (C=O) groups is 1. The van der Waals surface area contributed by atoms with E-state index in [0.717, 1.165) is 12.8 Å². The average molecular weight is 251 g/mol. The standard InChI is InChI=1S/C14H21NO3/c1-3-4-9-15-14(17)10-18-13-8-6-5-7-12(13)11(2)16/h5-8,11,16H,3-4,9-10H2,1-2H3,(H,15,17). The summed E-state index contributed by atoms with van der Waals surface area (Å²) in [7, 11) is 0. The normalized spacial score (nSPS) is 11.9. The number of hydrogen-bond donors (Lipinski definition) is 2. The maximum absolute atomic E-state index is 11.5. The van der Waals surface area contributed by atoms with E-state index < -0.39 is 6.10 Å². The lowest BCUT2D eigenvalue weighted by atomic mass is 10.1. The van der Waals surface area contributed by atoms with Gasteiger partial charge in [0.05, 0.1) is 6.10 Å². The third kappa shape index (κ3) is 4.75. The molecule has 0 aromatic heterocycles. The molecule has 1 amide bonds. The summed E-state index contributed by atoms with van der Waals surface area (Å²) in [6.45, 7) is 4.40. The van der Waals surface area contributed by atoms with E-state index >= 15 is 0 Å². The van der Waals surface area contributed by atoms with Crippen LogP contribution in [0.5, 0.6) is 5.75 Å². The van der Waals surface area contributed by atoms with Crippen LogP contribution in [0.4, 0.5) is 0 Å². The Morgan fingerprint density at radius 1 is 1.44 bits per heavy atom. The minimum Gasteiger partial charge on any atom is -0.483 e. The number of amides is 1. The molecule has 4 nitrogen and oxygen atoms in total. The van der Waals surface area contributed by atoms with Crippen LogP contribution in [-0.4, -0.2) is 24.2 Å². The molecule has 1 unspecified atom stereocenters. The first kappa shape index (κ1) is 14.5. The summed E-state index contributed by atoms with van der Waals surface area (Å²) >= 11 is 0. The summed E-state index contributed by atoms with van der Waals surface area (Å²) in [5, 5.41) is 12.3. The zero-order chi connectivity index (χ0) is 13.4. The van der Waals surface area contributed by atoms with E-state index in [0.29, 0.717) is 17.9 Å². The molecular weight excluding hydrogens is 230 g/mol. The maximum Gasteiger partial charge on any atom is 0.257 e. The van der Waals surface area contributed by atoms with Gasteiger partial charge in [0.2, 0.25) is 0 Å². The molecule has 0 radical (unpaired) electrons. The Labute approximate surface area is 108 Å². The number of benzene rings is 1. The third-order valence-corrected chi connectivity index (χ3v) is 2.58. The molecule has 0 bridgehead atoms. The molecule has 1 aromatic rings. The van der Waals surface area contributed by atoms with Crippen LogP contribution in [0.3, 0.4) is 0 Å². The second-order valence-corrected chi connectivity index (χ2v) is 4.21. The number of carbonyl (C=O) groups excluding carboxylic acids is 1. The van der Waals surface area contributed by atoms with Crippen LogP contribution in [-0.2, 0) is 4.79 Å². The van der Waals surface area contributed by atoms with Crippen molar-refractivity contribution >= 4 is 5.91 Å². The van der Waals surface area contributed by atoms with Gasteiger partial charge in [-0.3, -0.25) is 4.79 Å². The molecule has 0 saturated carbocycles. The Morgan fingerprint density at radius 3 is 2.83 bits per heavy atom. The Kier molecular flexibility index (Phi) is 6.22. The molecule has 1 rings (SSSR count). The van der Waals surface area contributed by atoms with Crippen molar-refractivity contribution in [1.82, 2.24) is 5.32 Å². The molecule has 1 atom stereocenters. The lowest BCUT2D eigenvalue weighted by Gasteiger charge is -2.13. The first-order valence-corrected chi connectivity index (χ1v) is 6.31. The van der Waals surface area contributed by atoms with Gasteiger partial charge in [0.1, 0.15) is 5.75 Å². The first-order chi connectivity index (χ1) is 8.65. The second kappa shape index (κ2) is 7.71. The van der Waals surface area contributed by atoms with Crippen LogP contribution in [0.25, 0.3) is 0 Å². The Morgan fingerprint density at radius 2 is 2.17 bits per heavy atom. The Hall–Kier alpha value is -1.55. The highest BCUT2D eigenvalue weighted by Gasteiger charge is 2.09. The number of aliphatic hydroxyl groups is 1. The average Bonchev–Trinajstić information content (AvgIpc) is 2.37. The minimum absolute atomic E-state index is 0.0204. The zero-order valence-corrected chi connectivity index (χ0v) is 11.0. The molecule has 4 heteroatoms. The Balaban J connectivity index is 2.45. The minimum atomic E-state index is -0.607. The fourth-order valence-electron chi connectivity index (χ4n) is 1.56. The molecule has 0 aliphatic carbocycles. The van der Waals surface area contributed by atoms with Gasteiger partial charge in [-0.2, -0.15) is 0 Å². The van der Waals surface area contributed by atoms with Gasteiger partial charge in [-0.1, -0.05) is 31.5 Å². The maximum atomic E-state index is 11.5. The number of rotatable bonds is 7. The zero-order valence-electron chi connectivity index (χ0n) is 11.0. The van der Waals surface area contributed by atoms with Crippen LogP contribution in [0.1, 0.15) is 38.4 Å². The van der Waals surface area contributed by atoms with Crippen molar-refractivity contribution in [3.05, 3.63) is 29.8 Å². The van der Waals surface area contributed by atoms with Crippen LogP contribution in [0.2, 0.25) is 0 Å². The topological polar surface area (TPSA) is 58.6 Å². The van der Waals surface area contributed by atoms with Crippen molar-refractivity contribution in [3.8, 4) is 5.75 Å². The van der Waals surface area contributed by atoms with Crippen LogP contribution < -0.4 is 10.1 Å². The summed E-state index contributed by atoms with van der Waals surface area (Å²) in [4.78, 5) is 11.5. The first-order valence-electron chi connectivity index (χ1n) is 6.31. The van der Waals surface area contributed by atoms with Gasteiger partial charge in [-0.05, 0) is 19.4 Å². The quantitative estimate of drug-likeness (QED) is 0.729. The lowest BCUT2D eigenvalue weighted by molar-refractivity contribution is -0.123. The van der Waals surface area contributed by atoms with Gasteiger partial charge >= 0.3 is 0 Å². The number of unbranched alkanes of at least 4 members (excludes halogenated alkanes) is 1. The summed E-state index contributed by atoms with van der Waals surface area (Å²) in [6.07, 6.45) is 1.41. The summed E-state index contributed by atoms with van der Waals surface area (Å²) in [5.74, 6) is 0.419. The highest BCUT2D eigenvalue weighted by molar-refractivity contribution is 5.77. The molecule has 18 heavy (non-hydrogen) atoms. The fourth-order valence-corrected chi connectivity index (χ4v) is 1.56. The predicted molar refractivity (Wildman–Crippen MR) is 70.5 cm³/mol. The third-order valence-electron chi connectivity index (χ3n) is 2.58. The molecule has 0 aliphatic rings. The molecule has 2 N–H and O–H groups in total. The molecular formula is C14H21NO3. The van der Waals surface area contributed by atoms with E-state index in [1.165, 1.54) is 0 Å². The summed E-state index contributed by atoms with van der Waals surface area (Å²) in [5.41, 5.74) is 0.693. The van der Waals surface area contributed by atoms with E-state index in [-0.39, 0.29) is 12.5 Å². The van der Waals surface area contributed by atoms with Gasteiger partial charge in [0.25, 0.3) is 5.91 Å². The van der Waals surface area contributed by atoms with Crippen LogP contribution in [0, 0.1) is 0 Å². The van der Waals surface area contributed by atoms with Gasteiger partial charge < -0.3 is 15.2 Å². The lowest BCUT2D eigenvalue weighted by Crippen LogP contribution is -2.29. The fraction of sp³-hybridized carbons (Fsp3) is 0.500. The van der Waals surface area contributed by atoms with Gasteiger partial charge in [0.15, 0.2) is 6.61 Å². The number of hydrogen-bond acceptors (Lipinski definition) is 3. The van der Waals surface area contributed by atoms with Gasteiger partial charge in [-0.15, -0.1) is 0 Å². The highest BCUT2D eigenvalue weighted by Crippen LogP contribution is 2.24. The van der Waals surface area contributed by atoms with Crippen molar-refractivity contribution in [2.24, 2.45) is 0 Å². The van der Waals surface area contributed by atoms with E-state index in [9.17, 15) is 9.90 Å². The van der Waals surface area contributed by atoms with E-state index in [1.807, 2.05) is 12.1 Å². The predicted octanol–water partition coefficient (Wildman–Crippen LogP) is 2.04. The van der Waals surface area contributed by atoms with Crippen molar-refractivity contribution < 1.29 is 14.6 Å². The van der Waals surface area contributed by atoms with Crippen LogP contribution >= 0.6 is 0 Å². The van der Waals surface area contributed by atoms with Crippen molar-refractivity contribution in [2.45, 2.75) is 32.8 Å². The van der Waals surface area contributed by atoms with Gasteiger partial charge in [0, 0.05) is 12.1 Å². The number of ether oxygens (including phenoxy) is 1. The van der Waals surface area contributed by atoms with Crippen molar-refractivity contribution in [3.63, 3.8) is 0 Å². The largest absolute Gasteiger partial charge is 0.483 e. The number of para-hydroxylation sites is 1. The van der Waals surface area contributed by atoms with Gasteiger partial charge in [-0.25, -0.2) is 0 Å². The van der Waals surface area contributed by atoms with Crippen LogP contribution in [0.15, 0.2) is 24.3 Å². The molecule has 0 spiro atoms. The molecule has 0 aliphatic heterocycles. The van der Waals surface area contributed by atoms with E-state index in [4.69, 9.17) is 4.74 Å². The molecule has 0 fully saturated rings. The molecule has 0 heterocycles. The van der Waals surface area contributed by atoms with Crippen molar-refractivity contribution in [2.75, 3.05) is 13.2 Å².